The Labute approximate surface area is 107 Å². The fourth-order valence-electron chi connectivity index (χ4n) is 1.74. The largest absolute Gasteiger partial charge is 0.382 e. The van der Waals surface area contributed by atoms with Gasteiger partial charge in [-0.25, -0.2) is 0 Å². The average molecular weight is 245 g/mol. The van der Waals surface area contributed by atoms with Crippen molar-refractivity contribution >= 4 is 5.82 Å². The van der Waals surface area contributed by atoms with Crippen molar-refractivity contribution in [1.29, 1.82) is 0 Å². The molecule has 0 atom stereocenters. The van der Waals surface area contributed by atoms with Gasteiger partial charge in [-0.3, -0.25) is 9.67 Å². The predicted octanol–water partition coefficient (Wildman–Crippen LogP) is 1.03. The summed E-state index contributed by atoms with van der Waals surface area (Å²) in [5.41, 5.74) is 6.70. The number of anilines is 1. The minimum absolute atomic E-state index is 0.575. The molecular weight excluding hydrogens is 226 g/mol. The van der Waals surface area contributed by atoms with Gasteiger partial charge in [-0.15, -0.1) is 0 Å². The molecule has 0 unspecified atom stereocenters. The van der Waals surface area contributed by atoms with Crippen LogP contribution in [0.3, 0.4) is 0 Å². The van der Waals surface area contributed by atoms with Crippen molar-refractivity contribution in [2.75, 3.05) is 25.9 Å². The summed E-state index contributed by atoms with van der Waals surface area (Å²) in [7, 11) is 2.11. The monoisotopic (exact) mass is 245 g/mol. The van der Waals surface area contributed by atoms with Gasteiger partial charge in [0.2, 0.25) is 0 Å². The van der Waals surface area contributed by atoms with Gasteiger partial charge in [-0.05, 0) is 25.2 Å². The molecule has 0 saturated carbocycles. The zero-order valence-electron chi connectivity index (χ0n) is 10.7. The first kappa shape index (κ1) is 12.6. The van der Waals surface area contributed by atoms with Gasteiger partial charge < -0.3 is 10.6 Å². The van der Waals surface area contributed by atoms with E-state index in [4.69, 9.17) is 5.73 Å². The van der Waals surface area contributed by atoms with Crippen molar-refractivity contribution in [3.05, 3.63) is 42.4 Å². The molecule has 0 aliphatic rings. The molecule has 5 heteroatoms. The molecule has 96 valence electrons. The van der Waals surface area contributed by atoms with Crippen LogP contribution in [0.15, 0.2) is 36.7 Å². The van der Waals surface area contributed by atoms with Gasteiger partial charge in [0.15, 0.2) is 0 Å². The second-order valence-electron chi connectivity index (χ2n) is 4.38. The molecule has 2 N–H and O–H groups in total. The van der Waals surface area contributed by atoms with Crippen LogP contribution in [0, 0.1) is 0 Å². The van der Waals surface area contributed by atoms with E-state index < -0.39 is 0 Å². The van der Waals surface area contributed by atoms with E-state index in [-0.39, 0.29) is 0 Å². The Morgan fingerprint density at radius 1 is 1.28 bits per heavy atom. The molecule has 5 nitrogen and oxygen atoms in total. The van der Waals surface area contributed by atoms with Crippen LogP contribution in [-0.4, -0.2) is 39.8 Å². The zero-order valence-corrected chi connectivity index (χ0v) is 10.7. The molecule has 0 bridgehead atoms. The summed E-state index contributed by atoms with van der Waals surface area (Å²) in [6, 6.07) is 7.83. The number of pyridine rings is 1. The number of nitrogens with two attached hydrogens (primary N) is 1. The summed E-state index contributed by atoms with van der Waals surface area (Å²) in [5.74, 6) is 0.575. The Kier molecular flexibility index (Phi) is 4.30. The number of hydrogen-bond donors (Lipinski definition) is 1. The van der Waals surface area contributed by atoms with Crippen LogP contribution in [0.25, 0.3) is 0 Å². The summed E-state index contributed by atoms with van der Waals surface area (Å²) in [6.45, 7) is 2.80. The molecule has 2 heterocycles. The van der Waals surface area contributed by atoms with Gasteiger partial charge >= 0.3 is 0 Å². The Bertz CT molecular complexity index is 465. The molecule has 0 aliphatic carbocycles. The Balaban J connectivity index is 1.71. The number of hydrogen-bond acceptors (Lipinski definition) is 4. The van der Waals surface area contributed by atoms with E-state index in [1.807, 2.05) is 35.3 Å². The third-order valence-electron chi connectivity index (χ3n) is 2.85. The maximum Gasteiger partial charge on any atom is 0.145 e. The minimum Gasteiger partial charge on any atom is -0.382 e. The molecule has 0 aliphatic heterocycles. The topological polar surface area (TPSA) is 60.0 Å². The average Bonchev–Trinajstić information content (AvgIpc) is 2.81. The lowest BCUT2D eigenvalue weighted by molar-refractivity contribution is 0.315. The van der Waals surface area contributed by atoms with Crippen LogP contribution < -0.4 is 5.73 Å². The molecule has 2 aromatic rings. The van der Waals surface area contributed by atoms with E-state index in [2.05, 4.69) is 28.1 Å². The van der Waals surface area contributed by atoms with E-state index in [0.29, 0.717) is 5.82 Å². The normalized spacial score (nSPS) is 11.0. The zero-order chi connectivity index (χ0) is 12.8. The third kappa shape index (κ3) is 3.85. The Hall–Kier alpha value is -1.88. The van der Waals surface area contributed by atoms with Crippen molar-refractivity contribution in [3.63, 3.8) is 0 Å². The first-order valence-corrected chi connectivity index (χ1v) is 6.11. The van der Waals surface area contributed by atoms with Gasteiger partial charge in [0.25, 0.3) is 0 Å². The summed E-state index contributed by atoms with van der Waals surface area (Å²) < 4.78 is 1.87. The lowest BCUT2D eigenvalue weighted by Gasteiger charge is -2.16. The number of likely N-dealkylation sites (N-methyl/N-ethyl adjacent to an activating group) is 1. The lowest BCUT2D eigenvalue weighted by Crippen LogP contribution is -2.26. The maximum atomic E-state index is 5.57. The molecule has 0 amide bonds. The Morgan fingerprint density at radius 3 is 2.83 bits per heavy atom. The fourth-order valence-corrected chi connectivity index (χ4v) is 1.74. The van der Waals surface area contributed by atoms with Crippen molar-refractivity contribution in [3.8, 4) is 0 Å². The second kappa shape index (κ2) is 6.16. The highest BCUT2D eigenvalue weighted by atomic mass is 15.3. The van der Waals surface area contributed by atoms with Crippen LogP contribution in [-0.2, 0) is 13.0 Å². The SMILES string of the molecule is CN(CCc1ccccn1)CCn1ccc(N)n1. The van der Waals surface area contributed by atoms with E-state index >= 15 is 0 Å². The smallest absolute Gasteiger partial charge is 0.145 e. The van der Waals surface area contributed by atoms with E-state index in [0.717, 1.165) is 31.7 Å². The first-order chi connectivity index (χ1) is 8.74. The highest BCUT2D eigenvalue weighted by Gasteiger charge is 2.01. The number of nitrogen functional groups attached to an aromatic ring is 1. The molecular formula is C13H19N5. The molecule has 0 spiro atoms. The van der Waals surface area contributed by atoms with Crippen LogP contribution in [0.4, 0.5) is 5.82 Å². The third-order valence-corrected chi connectivity index (χ3v) is 2.85. The highest BCUT2D eigenvalue weighted by Crippen LogP contribution is 1.98. The van der Waals surface area contributed by atoms with Gasteiger partial charge in [0.05, 0.1) is 6.54 Å². The van der Waals surface area contributed by atoms with Crippen molar-refractivity contribution in [2.45, 2.75) is 13.0 Å². The molecule has 2 aromatic heterocycles. The van der Waals surface area contributed by atoms with Crippen molar-refractivity contribution < 1.29 is 0 Å². The summed E-state index contributed by atoms with van der Waals surface area (Å²) in [4.78, 5) is 6.58. The van der Waals surface area contributed by atoms with E-state index in [1.54, 1.807) is 0 Å². The second-order valence-corrected chi connectivity index (χ2v) is 4.38. The van der Waals surface area contributed by atoms with Crippen molar-refractivity contribution in [1.82, 2.24) is 19.7 Å². The van der Waals surface area contributed by atoms with E-state index in [9.17, 15) is 0 Å². The molecule has 2 rings (SSSR count). The molecule has 18 heavy (non-hydrogen) atoms. The van der Waals surface area contributed by atoms with Crippen LogP contribution in [0.5, 0.6) is 0 Å². The van der Waals surface area contributed by atoms with Gasteiger partial charge in [0.1, 0.15) is 5.82 Å². The number of rotatable bonds is 6. The number of nitrogens with zero attached hydrogens (tertiary/aromatic N) is 4. The standard InChI is InChI=1S/C13H19N5/c1-17(8-5-12-4-2-3-7-15-12)10-11-18-9-6-13(14)16-18/h2-4,6-7,9H,5,8,10-11H2,1H3,(H2,14,16). The molecule has 0 saturated heterocycles. The highest BCUT2D eigenvalue weighted by molar-refractivity contribution is 5.23. The van der Waals surface area contributed by atoms with Crippen LogP contribution >= 0.6 is 0 Å². The van der Waals surface area contributed by atoms with Crippen LogP contribution in [0.1, 0.15) is 5.69 Å². The van der Waals surface area contributed by atoms with E-state index in [1.165, 1.54) is 0 Å². The molecule has 0 fully saturated rings. The first-order valence-electron chi connectivity index (χ1n) is 6.11. The Morgan fingerprint density at radius 2 is 2.17 bits per heavy atom. The summed E-state index contributed by atoms with van der Waals surface area (Å²) in [5, 5.41) is 4.16. The predicted molar refractivity (Wildman–Crippen MR) is 72.1 cm³/mol. The fraction of sp³-hybridized carbons (Fsp3) is 0.385. The minimum atomic E-state index is 0.575. The summed E-state index contributed by atoms with van der Waals surface area (Å²) >= 11 is 0. The van der Waals surface area contributed by atoms with Gasteiger partial charge in [0, 0.05) is 37.6 Å². The molecule has 0 radical (unpaired) electrons. The van der Waals surface area contributed by atoms with Crippen LogP contribution in [0.2, 0.25) is 0 Å². The summed E-state index contributed by atoms with van der Waals surface area (Å²) in [6.07, 6.45) is 4.71. The molecule has 0 aromatic carbocycles. The van der Waals surface area contributed by atoms with Gasteiger partial charge in [-0.1, -0.05) is 6.07 Å². The van der Waals surface area contributed by atoms with Crippen molar-refractivity contribution in [2.24, 2.45) is 0 Å². The quantitative estimate of drug-likeness (QED) is 0.826. The van der Waals surface area contributed by atoms with Gasteiger partial charge in [-0.2, -0.15) is 5.10 Å². The lowest BCUT2D eigenvalue weighted by atomic mass is 10.2. The number of aromatic nitrogens is 3. The maximum absolute atomic E-state index is 5.57.